The van der Waals surface area contributed by atoms with Crippen LogP contribution in [0.1, 0.15) is 10.5 Å². The van der Waals surface area contributed by atoms with Crippen LogP contribution in [0.3, 0.4) is 0 Å². The highest BCUT2D eigenvalue weighted by Crippen LogP contribution is 2.29. The molecule has 0 aliphatic carbocycles. The van der Waals surface area contributed by atoms with Crippen molar-refractivity contribution in [3.8, 4) is 5.75 Å². The largest absolute Gasteiger partial charge is 0.496 e. The summed E-state index contributed by atoms with van der Waals surface area (Å²) in [4.78, 5) is 14.8. The van der Waals surface area contributed by atoms with Crippen LogP contribution >= 0.6 is 11.6 Å². The second-order valence-corrected chi connectivity index (χ2v) is 3.56. The van der Waals surface area contributed by atoms with E-state index < -0.39 is 5.97 Å². The molecule has 0 aliphatic heterocycles. The Kier molecular flexibility index (Phi) is 2.66. The second-order valence-electron chi connectivity index (χ2n) is 3.15. The average molecular weight is 238 g/mol. The Balaban J connectivity index is 2.84. The number of carboxylic acids is 1. The summed E-state index contributed by atoms with van der Waals surface area (Å²) in [6, 6.07) is 6.57. The van der Waals surface area contributed by atoms with Gasteiger partial charge >= 0.3 is 5.97 Å². The molecular formula is C11H8ClNO3. The summed E-state index contributed by atoms with van der Waals surface area (Å²) in [6.45, 7) is 0. The summed E-state index contributed by atoms with van der Waals surface area (Å²) >= 11 is 5.95. The van der Waals surface area contributed by atoms with Gasteiger partial charge in [0.15, 0.2) is 5.69 Å². The van der Waals surface area contributed by atoms with E-state index in [-0.39, 0.29) is 5.69 Å². The zero-order valence-corrected chi connectivity index (χ0v) is 9.15. The Bertz CT molecular complexity index is 568. The first-order valence-corrected chi connectivity index (χ1v) is 4.88. The molecular weight excluding hydrogens is 230 g/mol. The van der Waals surface area contributed by atoms with Gasteiger partial charge in [0.2, 0.25) is 0 Å². The average Bonchev–Trinajstić information content (AvgIpc) is 2.28. The fourth-order valence-electron chi connectivity index (χ4n) is 1.46. The lowest BCUT2D eigenvalue weighted by Crippen LogP contribution is -2.01. The van der Waals surface area contributed by atoms with Crippen molar-refractivity contribution in [2.45, 2.75) is 0 Å². The van der Waals surface area contributed by atoms with Gasteiger partial charge in [0.05, 0.1) is 17.6 Å². The van der Waals surface area contributed by atoms with Gasteiger partial charge in [-0.2, -0.15) is 0 Å². The van der Waals surface area contributed by atoms with Gasteiger partial charge in [-0.05, 0) is 12.1 Å². The lowest BCUT2D eigenvalue weighted by Gasteiger charge is -2.07. The van der Waals surface area contributed by atoms with Gasteiger partial charge in [-0.15, -0.1) is 0 Å². The molecule has 16 heavy (non-hydrogen) atoms. The molecule has 2 aromatic rings. The zero-order chi connectivity index (χ0) is 11.7. The van der Waals surface area contributed by atoms with E-state index in [0.29, 0.717) is 21.7 Å². The van der Waals surface area contributed by atoms with Crippen LogP contribution < -0.4 is 4.74 Å². The van der Waals surface area contributed by atoms with Gasteiger partial charge in [0.1, 0.15) is 5.75 Å². The summed E-state index contributed by atoms with van der Waals surface area (Å²) in [7, 11) is 1.47. The minimum atomic E-state index is -1.11. The van der Waals surface area contributed by atoms with Crippen molar-refractivity contribution in [3.63, 3.8) is 0 Å². The number of hydrogen-bond donors (Lipinski definition) is 1. The van der Waals surface area contributed by atoms with E-state index in [1.807, 2.05) is 0 Å². The van der Waals surface area contributed by atoms with Gasteiger partial charge in [0, 0.05) is 11.5 Å². The molecule has 0 fully saturated rings. The highest BCUT2D eigenvalue weighted by Gasteiger charge is 2.12. The van der Waals surface area contributed by atoms with E-state index in [4.69, 9.17) is 21.4 Å². The van der Waals surface area contributed by atoms with Crippen LogP contribution in [0.25, 0.3) is 10.9 Å². The van der Waals surface area contributed by atoms with Crippen LogP contribution in [0.15, 0.2) is 24.3 Å². The van der Waals surface area contributed by atoms with E-state index in [1.54, 1.807) is 18.2 Å². The molecule has 4 nitrogen and oxygen atoms in total. The number of para-hydroxylation sites is 1. The minimum Gasteiger partial charge on any atom is -0.496 e. The summed E-state index contributed by atoms with van der Waals surface area (Å²) in [5.41, 5.74) is 0.346. The van der Waals surface area contributed by atoms with E-state index in [1.165, 1.54) is 13.2 Å². The number of aromatic carboxylic acids is 1. The lowest BCUT2D eigenvalue weighted by atomic mass is 10.2. The number of aromatic nitrogens is 1. The Labute approximate surface area is 96.4 Å². The van der Waals surface area contributed by atoms with Gasteiger partial charge < -0.3 is 9.84 Å². The third-order valence-corrected chi connectivity index (χ3v) is 2.50. The van der Waals surface area contributed by atoms with E-state index in [0.717, 1.165) is 0 Å². The third-order valence-electron chi connectivity index (χ3n) is 2.19. The molecule has 0 spiro atoms. The molecule has 0 saturated carbocycles. The number of carbonyl (C=O) groups is 1. The highest BCUT2D eigenvalue weighted by atomic mass is 35.5. The van der Waals surface area contributed by atoms with Crippen molar-refractivity contribution in [1.29, 1.82) is 0 Å². The standard InChI is InChI=1S/C11H8ClNO3/c1-16-9-5-8(11(14)15)13-10-6(9)3-2-4-7(10)12/h2-5H,1H3,(H,14,15). The van der Waals surface area contributed by atoms with Crippen molar-refractivity contribution in [2.24, 2.45) is 0 Å². The third kappa shape index (κ3) is 1.67. The van der Waals surface area contributed by atoms with Gasteiger partial charge in [-0.1, -0.05) is 17.7 Å². The van der Waals surface area contributed by atoms with E-state index in [2.05, 4.69) is 4.98 Å². The van der Waals surface area contributed by atoms with Crippen molar-refractivity contribution >= 4 is 28.5 Å². The van der Waals surface area contributed by atoms with Crippen LogP contribution in [0.5, 0.6) is 5.75 Å². The van der Waals surface area contributed by atoms with Crippen molar-refractivity contribution in [2.75, 3.05) is 7.11 Å². The number of nitrogens with zero attached hydrogens (tertiary/aromatic N) is 1. The van der Waals surface area contributed by atoms with Gasteiger partial charge in [-0.3, -0.25) is 0 Å². The number of fused-ring (bicyclic) bond motifs is 1. The maximum atomic E-state index is 10.9. The van der Waals surface area contributed by atoms with Crippen molar-refractivity contribution in [1.82, 2.24) is 4.98 Å². The van der Waals surface area contributed by atoms with Gasteiger partial charge in [0.25, 0.3) is 0 Å². The molecule has 0 aliphatic rings. The highest BCUT2D eigenvalue weighted by molar-refractivity contribution is 6.35. The first-order valence-electron chi connectivity index (χ1n) is 4.50. The maximum Gasteiger partial charge on any atom is 0.354 e. The van der Waals surface area contributed by atoms with Crippen LogP contribution in [-0.4, -0.2) is 23.2 Å². The molecule has 1 heterocycles. The van der Waals surface area contributed by atoms with Crippen LogP contribution in [0.4, 0.5) is 0 Å². The molecule has 0 amide bonds. The number of halogens is 1. The molecule has 82 valence electrons. The number of pyridine rings is 1. The molecule has 0 radical (unpaired) electrons. The van der Waals surface area contributed by atoms with Crippen LogP contribution in [0.2, 0.25) is 5.02 Å². The summed E-state index contributed by atoms with van der Waals surface area (Å²) in [5, 5.41) is 9.99. The number of benzene rings is 1. The Hall–Kier alpha value is -1.81. The number of hydrogen-bond acceptors (Lipinski definition) is 3. The summed E-state index contributed by atoms with van der Waals surface area (Å²) < 4.78 is 5.11. The minimum absolute atomic E-state index is 0.0857. The number of methoxy groups -OCH3 is 1. The summed E-state index contributed by atoms with van der Waals surface area (Å²) in [6.07, 6.45) is 0. The Morgan fingerprint density at radius 3 is 2.88 bits per heavy atom. The predicted octanol–water partition coefficient (Wildman–Crippen LogP) is 2.60. The zero-order valence-electron chi connectivity index (χ0n) is 8.40. The molecule has 1 aromatic heterocycles. The monoisotopic (exact) mass is 237 g/mol. The van der Waals surface area contributed by atoms with Crippen LogP contribution in [0, 0.1) is 0 Å². The molecule has 1 aromatic carbocycles. The van der Waals surface area contributed by atoms with E-state index >= 15 is 0 Å². The smallest absolute Gasteiger partial charge is 0.354 e. The number of ether oxygens (including phenoxy) is 1. The first-order chi connectivity index (χ1) is 7.63. The summed E-state index contributed by atoms with van der Waals surface area (Å²) in [5.74, 6) is -0.662. The fourth-order valence-corrected chi connectivity index (χ4v) is 1.68. The molecule has 0 unspecified atom stereocenters. The first kappa shape index (κ1) is 10.7. The maximum absolute atomic E-state index is 10.9. The SMILES string of the molecule is COc1cc(C(=O)O)nc2c(Cl)cccc12. The van der Waals surface area contributed by atoms with Gasteiger partial charge in [-0.25, -0.2) is 9.78 Å². The molecule has 0 atom stereocenters. The molecule has 2 rings (SSSR count). The predicted molar refractivity (Wildman–Crippen MR) is 60.3 cm³/mol. The van der Waals surface area contributed by atoms with Crippen molar-refractivity contribution in [3.05, 3.63) is 35.0 Å². The molecule has 0 bridgehead atoms. The van der Waals surface area contributed by atoms with E-state index in [9.17, 15) is 4.79 Å². The lowest BCUT2D eigenvalue weighted by molar-refractivity contribution is 0.0690. The Morgan fingerprint density at radius 1 is 1.50 bits per heavy atom. The number of rotatable bonds is 2. The quantitative estimate of drug-likeness (QED) is 0.872. The normalized spacial score (nSPS) is 10.4. The molecule has 1 N–H and O–H groups in total. The topological polar surface area (TPSA) is 59.4 Å². The second kappa shape index (κ2) is 3.98. The molecule has 0 saturated heterocycles. The van der Waals surface area contributed by atoms with Crippen LogP contribution in [-0.2, 0) is 0 Å². The fraction of sp³-hybridized carbons (Fsp3) is 0.0909. The number of carboxylic acid groups (broad SMARTS) is 1. The van der Waals surface area contributed by atoms with Crippen molar-refractivity contribution < 1.29 is 14.6 Å². The molecule has 5 heteroatoms. The Morgan fingerprint density at radius 2 is 2.25 bits per heavy atom.